The smallest absolute Gasteiger partial charge is 0.0175 e. The fraction of sp³-hybridized carbons (Fsp3) is 0.364. The van der Waals surface area contributed by atoms with Crippen molar-refractivity contribution in [3.8, 4) is 0 Å². The van der Waals surface area contributed by atoms with Crippen LogP contribution in [0.2, 0.25) is 0 Å². The Morgan fingerprint density at radius 2 is 1.67 bits per heavy atom. The first-order valence-corrected chi connectivity index (χ1v) is 4.92. The van der Waals surface area contributed by atoms with E-state index in [1.165, 1.54) is 5.56 Å². The van der Waals surface area contributed by atoms with Crippen LogP contribution in [0.3, 0.4) is 0 Å². The third kappa shape index (κ3) is 2.10. The predicted octanol–water partition coefficient (Wildman–Crippen LogP) is 3.95. The summed E-state index contributed by atoms with van der Waals surface area (Å²) in [4.78, 5) is 0. The summed E-state index contributed by atoms with van der Waals surface area (Å²) >= 11 is 3.42. The Kier molecular flexibility index (Phi) is 2.94. The van der Waals surface area contributed by atoms with E-state index in [2.05, 4.69) is 67.4 Å². The van der Waals surface area contributed by atoms with Gasteiger partial charge in [-0.25, -0.2) is 0 Å². The van der Waals surface area contributed by atoms with Gasteiger partial charge in [0, 0.05) is 4.47 Å². The van der Waals surface area contributed by atoms with E-state index in [0.717, 1.165) is 4.47 Å². The quantitative estimate of drug-likeness (QED) is 0.716. The van der Waals surface area contributed by atoms with Crippen molar-refractivity contribution < 1.29 is 0 Å². The maximum atomic E-state index is 3.42. The van der Waals surface area contributed by atoms with E-state index in [1.54, 1.807) is 0 Å². The highest BCUT2D eigenvalue weighted by Gasteiger charge is 2.17. The molecule has 0 unspecified atom stereocenters. The maximum Gasteiger partial charge on any atom is 0.0175 e. The summed E-state index contributed by atoms with van der Waals surface area (Å²) in [6.07, 6.45) is 2.22. The molecule has 0 fully saturated rings. The topological polar surface area (TPSA) is 0 Å². The van der Waals surface area contributed by atoms with Gasteiger partial charge in [-0.15, -0.1) is 0 Å². The first kappa shape index (κ1) is 9.79. The zero-order valence-corrected chi connectivity index (χ0v) is 9.35. The van der Waals surface area contributed by atoms with E-state index in [9.17, 15) is 0 Å². The van der Waals surface area contributed by atoms with Gasteiger partial charge in [0.2, 0.25) is 0 Å². The standard InChI is InChI=1S/C11H14Br/c1-4-11(2,3)9-5-7-10(12)8-6-9/h4-8H,1-3H3. The van der Waals surface area contributed by atoms with E-state index in [0.29, 0.717) is 0 Å². The van der Waals surface area contributed by atoms with Gasteiger partial charge in [-0.3, -0.25) is 0 Å². The average Bonchev–Trinajstić information content (AvgIpc) is 2.05. The van der Waals surface area contributed by atoms with Crippen LogP contribution in [0.25, 0.3) is 0 Å². The number of hydrogen-bond donors (Lipinski definition) is 0. The Morgan fingerprint density at radius 3 is 2.08 bits per heavy atom. The molecular weight excluding hydrogens is 212 g/mol. The molecular formula is C11H14Br. The second-order valence-electron chi connectivity index (χ2n) is 3.52. The van der Waals surface area contributed by atoms with Gasteiger partial charge in [-0.05, 0) is 29.5 Å². The first-order chi connectivity index (χ1) is 5.56. The number of rotatable bonds is 2. The van der Waals surface area contributed by atoms with Gasteiger partial charge in [0.1, 0.15) is 0 Å². The van der Waals surface area contributed by atoms with Crippen LogP contribution >= 0.6 is 15.9 Å². The molecule has 0 spiro atoms. The van der Waals surface area contributed by atoms with Crippen molar-refractivity contribution in [2.45, 2.75) is 26.2 Å². The van der Waals surface area contributed by atoms with Crippen LogP contribution in [-0.2, 0) is 5.41 Å². The number of halogens is 1. The number of benzene rings is 1. The monoisotopic (exact) mass is 225 g/mol. The predicted molar refractivity (Wildman–Crippen MR) is 57.1 cm³/mol. The molecule has 0 heterocycles. The molecule has 0 aliphatic carbocycles. The summed E-state index contributed by atoms with van der Waals surface area (Å²) in [6, 6.07) is 8.48. The van der Waals surface area contributed by atoms with Gasteiger partial charge in [0.15, 0.2) is 0 Å². The molecule has 1 radical (unpaired) electrons. The molecule has 1 aromatic rings. The molecule has 0 bridgehead atoms. The molecule has 12 heavy (non-hydrogen) atoms. The highest BCUT2D eigenvalue weighted by Crippen LogP contribution is 2.26. The van der Waals surface area contributed by atoms with Gasteiger partial charge in [0.25, 0.3) is 0 Å². The van der Waals surface area contributed by atoms with Crippen molar-refractivity contribution in [1.82, 2.24) is 0 Å². The van der Waals surface area contributed by atoms with Crippen molar-refractivity contribution in [3.63, 3.8) is 0 Å². The van der Waals surface area contributed by atoms with Crippen LogP contribution < -0.4 is 0 Å². The molecule has 0 saturated carbocycles. The van der Waals surface area contributed by atoms with E-state index in [4.69, 9.17) is 0 Å². The Bertz CT molecular complexity index is 246. The lowest BCUT2D eigenvalue weighted by Gasteiger charge is -2.22. The van der Waals surface area contributed by atoms with Gasteiger partial charge in [-0.2, -0.15) is 0 Å². The molecule has 0 saturated heterocycles. The van der Waals surface area contributed by atoms with Crippen LogP contribution in [0.1, 0.15) is 26.3 Å². The van der Waals surface area contributed by atoms with E-state index >= 15 is 0 Å². The minimum atomic E-state index is 0.181. The molecule has 1 rings (SSSR count). The fourth-order valence-corrected chi connectivity index (χ4v) is 1.31. The zero-order chi connectivity index (χ0) is 9.19. The van der Waals surface area contributed by atoms with Gasteiger partial charge < -0.3 is 0 Å². The summed E-state index contributed by atoms with van der Waals surface area (Å²) in [5.74, 6) is 0. The van der Waals surface area contributed by atoms with Crippen molar-refractivity contribution in [2.75, 3.05) is 0 Å². The third-order valence-electron chi connectivity index (χ3n) is 2.31. The summed E-state index contributed by atoms with van der Waals surface area (Å²) in [6.45, 7) is 6.54. The minimum Gasteiger partial charge on any atom is -0.0614 e. The molecule has 0 N–H and O–H groups in total. The Balaban J connectivity index is 2.96. The lowest BCUT2D eigenvalue weighted by molar-refractivity contribution is 0.616. The first-order valence-electron chi connectivity index (χ1n) is 4.13. The average molecular weight is 226 g/mol. The van der Waals surface area contributed by atoms with Crippen LogP contribution in [0.15, 0.2) is 28.7 Å². The Morgan fingerprint density at radius 1 is 1.17 bits per heavy atom. The Labute approximate surface area is 83.1 Å². The Hall–Kier alpha value is -0.300. The lowest BCUT2D eigenvalue weighted by Crippen LogP contribution is -2.15. The summed E-state index contributed by atoms with van der Waals surface area (Å²) in [5, 5.41) is 0. The lowest BCUT2D eigenvalue weighted by atomic mass is 9.82. The van der Waals surface area contributed by atoms with Gasteiger partial charge in [0.05, 0.1) is 0 Å². The molecule has 1 heteroatoms. The van der Waals surface area contributed by atoms with Crippen molar-refractivity contribution >= 4 is 15.9 Å². The summed E-state index contributed by atoms with van der Waals surface area (Å²) in [5.41, 5.74) is 1.54. The van der Waals surface area contributed by atoms with E-state index in [1.807, 2.05) is 0 Å². The molecule has 65 valence electrons. The van der Waals surface area contributed by atoms with Crippen LogP contribution in [0.5, 0.6) is 0 Å². The van der Waals surface area contributed by atoms with Crippen LogP contribution in [0.4, 0.5) is 0 Å². The summed E-state index contributed by atoms with van der Waals surface area (Å²) < 4.78 is 1.14. The second-order valence-corrected chi connectivity index (χ2v) is 4.43. The zero-order valence-electron chi connectivity index (χ0n) is 7.76. The largest absolute Gasteiger partial charge is 0.0614 e. The third-order valence-corrected chi connectivity index (χ3v) is 2.84. The van der Waals surface area contributed by atoms with Crippen LogP contribution in [-0.4, -0.2) is 0 Å². The molecule has 1 aromatic carbocycles. The van der Waals surface area contributed by atoms with Gasteiger partial charge >= 0.3 is 0 Å². The van der Waals surface area contributed by atoms with Gasteiger partial charge in [-0.1, -0.05) is 48.8 Å². The van der Waals surface area contributed by atoms with Crippen molar-refractivity contribution in [1.29, 1.82) is 0 Å². The highest BCUT2D eigenvalue weighted by atomic mass is 79.9. The summed E-state index contributed by atoms with van der Waals surface area (Å²) in [7, 11) is 0. The molecule has 0 aliphatic heterocycles. The normalized spacial score (nSPS) is 11.7. The molecule has 0 nitrogen and oxygen atoms in total. The number of hydrogen-bond acceptors (Lipinski definition) is 0. The van der Waals surface area contributed by atoms with Crippen molar-refractivity contribution in [2.24, 2.45) is 0 Å². The molecule has 0 aliphatic rings. The fourth-order valence-electron chi connectivity index (χ4n) is 1.05. The maximum absolute atomic E-state index is 3.42. The minimum absolute atomic E-state index is 0.181. The van der Waals surface area contributed by atoms with E-state index in [-0.39, 0.29) is 5.41 Å². The highest BCUT2D eigenvalue weighted by molar-refractivity contribution is 9.10. The van der Waals surface area contributed by atoms with Crippen LogP contribution in [0, 0.1) is 6.42 Å². The molecule has 0 amide bonds. The van der Waals surface area contributed by atoms with Crippen molar-refractivity contribution in [3.05, 3.63) is 40.7 Å². The van der Waals surface area contributed by atoms with E-state index < -0.39 is 0 Å². The second kappa shape index (κ2) is 3.61. The molecule has 0 atom stereocenters. The molecule has 0 aromatic heterocycles. The SMILES string of the molecule is C[CH]C(C)(C)c1ccc(Br)cc1.